The van der Waals surface area contributed by atoms with Crippen LogP contribution in [-0.4, -0.2) is 34.7 Å². The molecule has 0 aromatic heterocycles. The molecule has 0 aliphatic rings. The lowest BCUT2D eigenvalue weighted by Gasteiger charge is -2.13. The van der Waals surface area contributed by atoms with E-state index in [1.54, 1.807) is 24.3 Å². The highest BCUT2D eigenvalue weighted by Gasteiger charge is 2.17. The van der Waals surface area contributed by atoms with Gasteiger partial charge in [-0.05, 0) is 24.5 Å². The number of hydrogen-bond donors (Lipinski definition) is 4. The van der Waals surface area contributed by atoms with Crippen molar-refractivity contribution in [2.45, 2.75) is 25.3 Å². The van der Waals surface area contributed by atoms with Gasteiger partial charge in [-0.2, -0.15) is 0 Å². The van der Waals surface area contributed by atoms with Crippen molar-refractivity contribution < 1.29 is 19.8 Å². The maximum absolute atomic E-state index is 11.0. The molecule has 0 bridgehead atoms. The number of nitrogens with one attached hydrogen (secondary N) is 1. The highest BCUT2D eigenvalue weighted by atomic mass is 16.4. The van der Waals surface area contributed by atoms with E-state index >= 15 is 0 Å². The second-order valence-corrected chi connectivity index (χ2v) is 4.23. The Morgan fingerprint density at radius 1 is 1.32 bits per heavy atom. The van der Waals surface area contributed by atoms with Crippen molar-refractivity contribution in [2.75, 3.05) is 6.54 Å². The predicted molar refractivity (Wildman–Crippen MR) is 69.7 cm³/mol. The summed E-state index contributed by atoms with van der Waals surface area (Å²) < 4.78 is 0. The zero-order valence-electron chi connectivity index (χ0n) is 10.5. The lowest BCUT2D eigenvalue weighted by Crippen LogP contribution is -2.38. The summed E-state index contributed by atoms with van der Waals surface area (Å²) in [6.45, 7) is 0.396. The minimum absolute atomic E-state index is 0.0283. The fourth-order valence-electron chi connectivity index (χ4n) is 1.70. The molecule has 104 valence electrons. The fraction of sp³-hybridized carbons (Fsp3) is 0.385. The van der Waals surface area contributed by atoms with Gasteiger partial charge in [0.2, 0.25) is 5.91 Å². The molecule has 1 amide bonds. The Hall–Kier alpha value is -2.08. The fourth-order valence-corrected chi connectivity index (χ4v) is 1.70. The van der Waals surface area contributed by atoms with E-state index < -0.39 is 17.9 Å². The Morgan fingerprint density at radius 2 is 2.00 bits per heavy atom. The number of carbonyl (C=O) groups excluding carboxylic acids is 1. The SMILES string of the molecule is NC(=O)CC[C@H](NCCc1ccccc1O)C(=O)O. The number of primary amides is 1. The average molecular weight is 266 g/mol. The molecule has 6 nitrogen and oxygen atoms in total. The Labute approximate surface area is 111 Å². The number of para-hydroxylation sites is 1. The van der Waals surface area contributed by atoms with Crippen LogP contribution in [0.4, 0.5) is 0 Å². The van der Waals surface area contributed by atoms with E-state index in [1.807, 2.05) is 0 Å². The van der Waals surface area contributed by atoms with Crippen LogP contribution in [0.15, 0.2) is 24.3 Å². The van der Waals surface area contributed by atoms with E-state index in [4.69, 9.17) is 10.8 Å². The summed E-state index contributed by atoms with van der Waals surface area (Å²) in [7, 11) is 0. The highest BCUT2D eigenvalue weighted by molar-refractivity contribution is 5.77. The summed E-state index contributed by atoms with van der Waals surface area (Å²) in [6.07, 6.45) is 0.693. The Balaban J connectivity index is 2.42. The minimum Gasteiger partial charge on any atom is -0.508 e. The minimum atomic E-state index is -1.02. The average Bonchev–Trinajstić information content (AvgIpc) is 2.34. The highest BCUT2D eigenvalue weighted by Crippen LogP contribution is 2.15. The summed E-state index contributed by atoms with van der Waals surface area (Å²) in [4.78, 5) is 21.6. The molecule has 1 aromatic carbocycles. The Bertz CT molecular complexity index is 448. The van der Waals surface area contributed by atoms with E-state index in [0.717, 1.165) is 5.56 Å². The summed E-state index contributed by atoms with van der Waals surface area (Å²) in [5.41, 5.74) is 5.73. The van der Waals surface area contributed by atoms with Gasteiger partial charge < -0.3 is 21.3 Å². The van der Waals surface area contributed by atoms with Crippen LogP contribution >= 0.6 is 0 Å². The molecule has 5 N–H and O–H groups in total. The number of aromatic hydroxyl groups is 1. The number of phenolic OH excluding ortho intramolecular Hbond substituents is 1. The normalized spacial score (nSPS) is 12.0. The third-order valence-corrected chi connectivity index (χ3v) is 2.75. The summed E-state index contributed by atoms with van der Waals surface area (Å²) in [5, 5.41) is 21.4. The summed E-state index contributed by atoms with van der Waals surface area (Å²) >= 11 is 0. The zero-order valence-corrected chi connectivity index (χ0v) is 10.5. The monoisotopic (exact) mass is 266 g/mol. The zero-order chi connectivity index (χ0) is 14.3. The third kappa shape index (κ3) is 5.39. The van der Waals surface area contributed by atoms with Crippen molar-refractivity contribution in [3.8, 4) is 5.75 Å². The van der Waals surface area contributed by atoms with Crippen molar-refractivity contribution in [1.82, 2.24) is 5.32 Å². The molecule has 0 aliphatic heterocycles. The smallest absolute Gasteiger partial charge is 0.320 e. The van der Waals surface area contributed by atoms with Gasteiger partial charge in [0.25, 0.3) is 0 Å². The first-order valence-electron chi connectivity index (χ1n) is 6.02. The molecule has 0 saturated carbocycles. The number of carboxylic acid groups (broad SMARTS) is 1. The molecular formula is C13H18N2O4. The van der Waals surface area contributed by atoms with Gasteiger partial charge in [0.15, 0.2) is 0 Å². The van der Waals surface area contributed by atoms with Crippen LogP contribution in [-0.2, 0) is 16.0 Å². The molecule has 1 atom stereocenters. The molecule has 19 heavy (non-hydrogen) atoms. The standard InChI is InChI=1S/C13H18N2O4/c14-12(17)6-5-10(13(18)19)15-8-7-9-3-1-2-4-11(9)16/h1-4,10,15-16H,5-8H2,(H2,14,17)(H,18,19)/t10-/m0/s1. The second-order valence-electron chi connectivity index (χ2n) is 4.23. The molecule has 1 aromatic rings. The maximum atomic E-state index is 11.0. The molecule has 0 heterocycles. The van der Waals surface area contributed by atoms with Crippen LogP contribution in [0.25, 0.3) is 0 Å². The molecule has 6 heteroatoms. The van der Waals surface area contributed by atoms with Crippen LogP contribution in [0.3, 0.4) is 0 Å². The van der Waals surface area contributed by atoms with E-state index in [1.165, 1.54) is 0 Å². The van der Waals surface area contributed by atoms with Crippen molar-refractivity contribution >= 4 is 11.9 Å². The second kappa shape index (κ2) is 7.38. The van der Waals surface area contributed by atoms with E-state index in [-0.39, 0.29) is 18.6 Å². The first-order valence-corrected chi connectivity index (χ1v) is 6.02. The number of carbonyl (C=O) groups is 2. The van der Waals surface area contributed by atoms with Gasteiger partial charge in [-0.25, -0.2) is 0 Å². The number of nitrogens with two attached hydrogens (primary N) is 1. The largest absolute Gasteiger partial charge is 0.508 e. The topological polar surface area (TPSA) is 113 Å². The van der Waals surface area contributed by atoms with Crippen LogP contribution in [0.2, 0.25) is 0 Å². The van der Waals surface area contributed by atoms with Crippen LogP contribution in [0.5, 0.6) is 5.75 Å². The summed E-state index contributed by atoms with van der Waals surface area (Å²) in [6, 6.07) is 6.07. The number of phenols is 1. The van der Waals surface area contributed by atoms with Gasteiger partial charge in [-0.15, -0.1) is 0 Å². The summed E-state index contributed by atoms with van der Waals surface area (Å²) in [5.74, 6) is -1.35. The van der Waals surface area contributed by atoms with Gasteiger partial charge in [-0.3, -0.25) is 9.59 Å². The molecule has 0 fully saturated rings. The quantitative estimate of drug-likeness (QED) is 0.538. The van der Waals surface area contributed by atoms with E-state index in [2.05, 4.69) is 5.32 Å². The molecule has 0 aliphatic carbocycles. The molecular weight excluding hydrogens is 248 g/mol. The lowest BCUT2D eigenvalue weighted by molar-refractivity contribution is -0.139. The van der Waals surface area contributed by atoms with Crippen molar-refractivity contribution in [3.63, 3.8) is 0 Å². The van der Waals surface area contributed by atoms with Gasteiger partial charge in [0, 0.05) is 13.0 Å². The number of hydrogen-bond acceptors (Lipinski definition) is 4. The first kappa shape index (κ1) is 15.0. The first-order chi connectivity index (χ1) is 9.00. The number of amides is 1. The van der Waals surface area contributed by atoms with Crippen LogP contribution < -0.4 is 11.1 Å². The number of benzene rings is 1. The van der Waals surface area contributed by atoms with Crippen LogP contribution in [0.1, 0.15) is 18.4 Å². The molecule has 1 rings (SSSR count). The van der Waals surface area contributed by atoms with Gasteiger partial charge in [0.05, 0.1) is 0 Å². The molecule has 0 spiro atoms. The lowest BCUT2D eigenvalue weighted by atomic mass is 10.1. The van der Waals surface area contributed by atoms with Gasteiger partial charge in [0.1, 0.15) is 11.8 Å². The molecule has 0 unspecified atom stereocenters. The number of rotatable bonds is 8. The van der Waals surface area contributed by atoms with Crippen molar-refractivity contribution in [3.05, 3.63) is 29.8 Å². The van der Waals surface area contributed by atoms with Crippen LogP contribution in [0, 0.1) is 0 Å². The predicted octanol–water partition coefficient (Wildman–Crippen LogP) is 0.243. The van der Waals surface area contributed by atoms with Crippen molar-refractivity contribution in [2.24, 2.45) is 5.73 Å². The Morgan fingerprint density at radius 3 is 2.58 bits per heavy atom. The number of carboxylic acids is 1. The molecule has 0 radical (unpaired) electrons. The third-order valence-electron chi connectivity index (χ3n) is 2.75. The van der Waals surface area contributed by atoms with Gasteiger partial charge >= 0.3 is 5.97 Å². The Kier molecular flexibility index (Phi) is 5.81. The number of aliphatic carboxylic acids is 1. The van der Waals surface area contributed by atoms with E-state index in [9.17, 15) is 14.7 Å². The van der Waals surface area contributed by atoms with Gasteiger partial charge in [-0.1, -0.05) is 18.2 Å². The maximum Gasteiger partial charge on any atom is 0.320 e. The molecule has 0 saturated heterocycles. The van der Waals surface area contributed by atoms with E-state index in [0.29, 0.717) is 13.0 Å². The van der Waals surface area contributed by atoms with Crippen molar-refractivity contribution in [1.29, 1.82) is 0 Å².